The summed E-state index contributed by atoms with van der Waals surface area (Å²) < 4.78 is 6.47. The van der Waals surface area contributed by atoms with Gasteiger partial charge < -0.3 is 25.2 Å². The second kappa shape index (κ2) is 15.6. The normalized spacial score (nSPS) is 23.6. The number of carbonyl (C=O) groups excluding carboxylic acids is 1. The Balaban J connectivity index is 1.40. The van der Waals surface area contributed by atoms with Gasteiger partial charge in [-0.15, -0.1) is 11.3 Å². The summed E-state index contributed by atoms with van der Waals surface area (Å²) in [5.74, 6) is -0.755. The number of ether oxygens (including phenoxy) is 1. The van der Waals surface area contributed by atoms with Crippen LogP contribution in [0.25, 0.3) is 0 Å². The van der Waals surface area contributed by atoms with Crippen molar-refractivity contribution in [2.45, 2.75) is 69.4 Å². The molecule has 1 fully saturated rings. The molecule has 1 aliphatic carbocycles. The monoisotopic (exact) mass is 592 g/mol. The van der Waals surface area contributed by atoms with Gasteiger partial charge in [0.05, 0.1) is 34.3 Å². The van der Waals surface area contributed by atoms with E-state index >= 15 is 0 Å². The highest BCUT2D eigenvalue weighted by molar-refractivity contribution is 9.11. The molecular formula is C29H37BrO6S. The van der Waals surface area contributed by atoms with Crippen LogP contribution in [0.2, 0.25) is 0 Å². The molecule has 6 atom stereocenters. The van der Waals surface area contributed by atoms with E-state index in [1.165, 1.54) is 4.88 Å². The summed E-state index contributed by atoms with van der Waals surface area (Å²) in [6.07, 6.45) is 9.68. The van der Waals surface area contributed by atoms with Crippen LogP contribution in [-0.2, 0) is 11.2 Å². The van der Waals surface area contributed by atoms with Crippen LogP contribution in [-0.4, -0.2) is 57.4 Å². The van der Waals surface area contributed by atoms with Crippen LogP contribution in [0.1, 0.15) is 53.8 Å². The summed E-state index contributed by atoms with van der Waals surface area (Å²) in [5.41, 5.74) is 0.463. The number of benzene rings is 1. The summed E-state index contributed by atoms with van der Waals surface area (Å²) in [5, 5.41) is 40.8. The molecule has 8 heteroatoms. The minimum Gasteiger partial charge on any atom is -0.456 e. The Morgan fingerprint density at radius 1 is 1.11 bits per heavy atom. The molecule has 6 nitrogen and oxygen atoms in total. The smallest absolute Gasteiger partial charge is 0.338 e. The Labute approximate surface area is 231 Å². The number of esters is 1. The highest BCUT2D eigenvalue weighted by Gasteiger charge is 2.39. The Bertz CT molecular complexity index is 1010. The molecule has 1 heterocycles. The van der Waals surface area contributed by atoms with Crippen LogP contribution in [0.3, 0.4) is 0 Å². The van der Waals surface area contributed by atoms with Crippen LogP contribution in [0.15, 0.2) is 70.6 Å². The largest absolute Gasteiger partial charge is 0.456 e. The molecule has 0 aliphatic heterocycles. The van der Waals surface area contributed by atoms with Gasteiger partial charge >= 0.3 is 5.97 Å². The number of aryl methyl sites for hydroxylation is 1. The van der Waals surface area contributed by atoms with Gasteiger partial charge in [0.15, 0.2) is 0 Å². The van der Waals surface area contributed by atoms with E-state index in [1.807, 2.05) is 36.4 Å². The van der Waals surface area contributed by atoms with Gasteiger partial charge in [-0.25, -0.2) is 4.79 Å². The number of hydrogen-bond acceptors (Lipinski definition) is 7. The highest BCUT2D eigenvalue weighted by Crippen LogP contribution is 2.36. The average Bonchev–Trinajstić information content (AvgIpc) is 3.43. The fourth-order valence-corrected chi connectivity index (χ4v) is 6.15. The highest BCUT2D eigenvalue weighted by atomic mass is 79.9. The van der Waals surface area contributed by atoms with Gasteiger partial charge in [-0.3, -0.25) is 0 Å². The van der Waals surface area contributed by atoms with Gasteiger partial charge in [-0.1, -0.05) is 42.5 Å². The van der Waals surface area contributed by atoms with Crippen LogP contribution in [0, 0.1) is 11.8 Å². The summed E-state index contributed by atoms with van der Waals surface area (Å²) in [6.45, 7) is -0.223. The number of carbonyl (C=O) groups is 1. The summed E-state index contributed by atoms with van der Waals surface area (Å²) in [4.78, 5) is 13.4. The van der Waals surface area contributed by atoms with Crippen molar-refractivity contribution in [1.29, 1.82) is 0 Å². The molecule has 0 bridgehead atoms. The molecule has 0 saturated heterocycles. The van der Waals surface area contributed by atoms with Crippen LogP contribution >= 0.6 is 27.3 Å². The number of rotatable bonds is 14. The summed E-state index contributed by atoms with van der Waals surface area (Å²) in [6, 6.07) is 12.8. The average molecular weight is 594 g/mol. The maximum absolute atomic E-state index is 12.2. The first-order chi connectivity index (χ1) is 17.9. The van der Waals surface area contributed by atoms with Crippen molar-refractivity contribution in [3.63, 3.8) is 0 Å². The lowest BCUT2D eigenvalue weighted by Crippen LogP contribution is -2.22. The number of hydrogen-bond donors (Lipinski definition) is 4. The molecule has 0 spiro atoms. The molecule has 1 saturated carbocycles. The second-order valence-corrected chi connectivity index (χ2v) is 12.1. The molecular weight excluding hydrogens is 556 g/mol. The zero-order valence-corrected chi connectivity index (χ0v) is 23.3. The van der Waals surface area contributed by atoms with E-state index in [9.17, 15) is 25.2 Å². The number of thiophene rings is 1. The SMILES string of the molecule is O=C(O[C@@H](CO)CCC/C=C\CC1C(O)CC(O)C1/C=C/C(O)CCc1ccc(Br)s1)c1ccccc1. The minimum atomic E-state index is -0.630. The maximum Gasteiger partial charge on any atom is 0.338 e. The summed E-state index contributed by atoms with van der Waals surface area (Å²) >= 11 is 5.11. The first-order valence-electron chi connectivity index (χ1n) is 12.9. The lowest BCUT2D eigenvalue weighted by Gasteiger charge is -2.19. The number of aliphatic hydroxyl groups excluding tert-OH is 4. The van der Waals surface area contributed by atoms with Gasteiger partial charge in [0.2, 0.25) is 0 Å². The van der Waals surface area contributed by atoms with Crippen molar-refractivity contribution in [3.05, 3.63) is 81.0 Å². The third kappa shape index (κ3) is 9.78. The molecule has 3 rings (SSSR count). The van der Waals surface area contributed by atoms with Crippen LogP contribution < -0.4 is 0 Å². The van der Waals surface area contributed by atoms with Crippen LogP contribution in [0.4, 0.5) is 0 Å². The van der Waals surface area contributed by atoms with E-state index in [0.29, 0.717) is 31.2 Å². The molecule has 0 amide bonds. The van der Waals surface area contributed by atoms with E-state index in [4.69, 9.17) is 4.74 Å². The minimum absolute atomic E-state index is 0.111. The van der Waals surface area contributed by atoms with Crippen LogP contribution in [0.5, 0.6) is 0 Å². The molecule has 1 aliphatic rings. The van der Waals surface area contributed by atoms with Crippen molar-refractivity contribution in [1.82, 2.24) is 0 Å². The van der Waals surface area contributed by atoms with Crippen molar-refractivity contribution >= 4 is 33.2 Å². The molecule has 0 radical (unpaired) electrons. The fraction of sp³-hybridized carbons (Fsp3) is 0.483. The van der Waals surface area contributed by atoms with Gasteiger partial charge in [0, 0.05) is 17.2 Å². The molecule has 5 unspecified atom stereocenters. The van der Waals surface area contributed by atoms with E-state index in [1.54, 1.807) is 41.7 Å². The topological polar surface area (TPSA) is 107 Å². The third-order valence-corrected chi connectivity index (χ3v) is 8.43. The van der Waals surface area contributed by atoms with Gasteiger partial charge in [0.25, 0.3) is 0 Å². The zero-order chi connectivity index (χ0) is 26.6. The van der Waals surface area contributed by atoms with Crippen molar-refractivity contribution in [3.8, 4) is 0 Å². The molecule has 2 aromatic rings. The number of halogens is 1. The lowest BCUT2D eigenvalue weighted by atomic mass is 9.89. The van der Waals surface area contributed by atoms with E-state index in [2.05, 4.69) is 15.9 Å². The molecule has 1 aromatic heterocycles. The molecule has 4 N–H and O–H groups in total. The van der Waals surface area contributed by atoms with Crippen molar-refractivity contribution in [2.24, 2.45) is 11.8 Å². The predicted octanol–water partition coefficient (Wildman–Crippen LogP) is 5.05. The molecule has 1 aromatic carbocycles. The quantitative estimate of drug-likeness (QED) is 0.139. The first-order valence-corrected chi connectivity index (χ1v) is 14.5. The van der Waals surface area contributed by atoms with E-state index in [0.717, 1.165) is 23.0 Å². The number of unbranched alkanes of at least 4 members (excludes halogenated alkanes) is 1. The Kier molecular flexibility index (Phi) is 12.5. The van der Waals surface area contributed by atoms with Crippen molar-refractivity contribution in [2.75, 3.05) is 6.61 Å². The molecule has 37 heavy (non-hydrogen) atoms. The molecule has 202 valence electrons. The Hall–Kier alpha value is -1.81. The van der Waals surface area contributed by atoms with E-state index in [-0.39, 0.29) is 18.4 Å². The predicted molar refractivity (Wildman–Crippen MR) is 149 cm³/mol. The lowest BCUT2D eigenvalue weighted by molar-refractivity contribution is 0.0110. The number of aliphatic hydroxyl groups is 4. The first kappa shape index (κ1) is 29.7. The maximum atomic E-state index is 12.2. The van der Waals surface area contributed by atoms with Gasteiger partial charge in [-0.05, 0) is 84.6 Å². The second-order valence-electron chi connectivity index (χ2n) is 9.52. The zero-order valence-electron chi connectivity index (χ0n) is 20.9. The standard InChI is InChI=1S/C29H37BrO6S/c30-28-17-15-23(37-28)14-12-21(32)13-16-25-24(26(33)18-27(25)34)11-7-2-1-6-10-22(19-31)36-29(35)20-8-4-3-5-9-20/h2-5,7-9,13,15-17,21-22,24-27,31-34H,1,6,10-12,14,18-19H2/b7-2-,16-13+/t21?,22-,24?,25?,26?,27?/m1/s1. The Morgan fingerprint density at radius 3 is 2.59 bits per heavy atom. The number of allylic oxidation sites excluding steroid dienone is 2. The fourth-order valence-electron chi connectivity index (χ4n) is 4.65. The van der Waals surface area contributed by atoms with Gasteiger partial charge in [-0.2, -0.15) is 0 Å². The Morgan fingerprint density at radius 2 is 1.89 bits per heavy atom. The van der Waals surface area contributed by atoms with Crippen molar-refractivity contribution < 1.29 is 30.0 Å². The van der Waals surface area contributed by atoms with Gasteiger partial charge in [0.1, 0.15) is 6.10 Å². The summed E-state index contributed by atoms with van der Waals surface area (Å²) in [7, 11) is 0. The van der Waals surface area contributed by atoms with E-state index < -0.39 is 30.4 Å². The third-order valence-electron chi connectivity index (χ3n) is 6.75.